The van der Waals surface area contributed by atoms with Gasteiger partial charge in [0.05, 0.1) is 5.56 Å². The Labute approximate surface area is 108 Å². The number of hydrogen-bond donors (Lipinski definition) is 3. The largest absolute Gasteiger partial charge is 0.507 e. The van der Waals surface area contributed by atoms with Gasteiger partial charge in [-0.05, 0) is 12.1 Å². The number of hydrogen-bond acceptors (Lipinski definition) is 7. The first-order chi connectivity index (χ1) is 9.08. The molecule has 0 radical (unpaired) electrons. The van der Waals surface area contributed by atoms with Gasteiger partial charge in [0.15, 0.2) is 0 Å². The molecule has 1 aromatic heterocycles. The van der Waals surface area contributed by atoms with Crippen LogP contribution in [0.4, 0.5) is 11.8 Å². The maximum atomic E-state index is 11.7. The Morgan fingerprint density at radius 2 is 2.05 bits per heavy atom. The summed E-state index contributed by atoms with van der Waals surface area (Å²) in [7, 11) is 0. The van der Waals surface area contributed by atoms with Crippen molar-refractivity contribution < 1.29 is 14.6 Å². The monoisotopic (exact) mass is 260 g/mol. The molecule has 5 N–H and O–H groups in total. The van der Waals surface area contributed by atoms with Crippen LogP contribution in [-0.4, -0.2) is 21.0 Å². The van der Waals surface area contributed by atoms with E-state index in [0.29, 0.717) is 5.56 Å². The number of anilines is 2. The number of para-hydroxylation sites is 1. The summed E-state index contributed by atoms with van der Waals surface area (Å²) in [5.74, 6) is -0.603. The van der Waals surface area contributed by atoms with E-state index in [4.69, 9.17) is 16.2 Å². The average Bonchev–Trinajstić information content (AvgIpc) is 2.38. The lowest BCUT2D eigenvalue weighted by molar-refractivity contribution is 0.0470. The van der Waals surface area contributed by atoms with Crippen molar-refractivity contribution in [2.45, 2.75) is 6.61 Å². The van der Waals surface area contributed by atoms with Crippen molar-refractivity contribution in [2.24, 2.45) is 0 Å². The van der Waals surface area contributed by atoms with E-state index in [1.807, 2.05) is 0 Å². The summed E-state index contributed by atoms with van der Waals surface area (Å²) in [6.45, 7) is -0.0979. The average molecular weight is 260 g/mol. The molecule has 0 unspecified atom stereocenters. The number of nitrogen functional groups attached to an aromatic ring is 2. The Kier molecular flexibility index (Phi) is 3.46. The molecule has 0 bridgehead atoms. The van der Waals surface area contributed by atoms with Gasteiger partial charge < -0.3 is 21.3 Å². The number of ether oxygens (including phenoxy) is 1. The number of nitrogens with zero attached hydrogens (tertiary/aromatic N) is 2. The van der Waals surface area contributed by atoms with Gasteiger partial charge in [-0.15, -0.1) is 0 Å². The fourth-order valence-electron chi connectivity index (χ4n) is 1.41. The third kappa shape index (κ3) is 2.89. The van der Waals surface area contributed by atoms with Gasteiger partial charge in [0.2, 0.25) is 5.95 Å². The molecule has 7 heteroatoms. The third-order valence-electron chi connectivity index (χ3n) is 2.40. The van der Waals surface area contributed by atoms with Crippen molar-refractivity contribution in [2.75, 3.05) is 11.5 Å². The molecule has 0 aliphatic heterocycles. The highest BCUT2D eigenvalue weighted by Crippen LogP contribution is 2.18. The van der Waals surface area contributed by atoms with Gasteiger partial charge in [0.1, 0.15) is 23.7 Å². The molecule has 1 heterocycles. The molecule has 0 fully saturated rings. The molecule has 2 aromatic rings. The molecule has 0 amide bonds. The van der Waals surface area contributed by atoms with Crippen LogP contribution in [0.1, 0.15) is 15.9 Å². The van der Waals surface area contributed by atoms with E-state index < -0.39 is 5.97 Å². The number of carbonyl (C=O) groups is 1. The molecule has 0 spiro atoms. The first-order valence-corrected chi connectivity index (χ1v) is 5.40. The Morgan fingerprint density at radius 1 is 1.32 bits per heavy atom. The third-order valence-corrected chi connectivity index (χ3v) is 2.40. The Balaban J connectivity index is 2.07. The standard InChI is InChI=1S/C12H12N4O3/c13-10-7(5-15-12(14)16-10)6-19-11(18)8-3-1-2-4-9(8)17/h1-5,17H,6H2,(H4,13,14,15,16). The van der Waals surface area contributed by atoms with E-state index in [1.54, 1.807) is 12.1 Å². The van der Waals surface area contributed by atoms with Crippen LogP contribution in [0.3, 0.4) is 0 Å². The summed E-state index contributed by atoms with van der Waals surface area (Å²) in [5, 5.41) is 9.50. The molecule has 2 rings (SSSR count). The van der Waals surface area contributed by atoms with E-state index in [2.05, 4.69) is 9.97 Å². The summed E-state index contributed by atoms with van der Waals surface area (Å²) >= 11 is 0. The van der Waals surface area contributed by atoms with Crippen LogP contribution in [0.25, 0.3) is 0 Å². The van der Waals surface area contributed by atoms with Crippen LogP contribution in [0, 0.1) is 0 Å². The smallest absolute Gasteiger partial charge is 0.342 e. The lowest BCUT2D eigenvalue weighted by atomic mass is 10.2. The first-order valence-electron chi connectivity index (χ1n) is 5.40. The Hall–Kier alpha value is -2.83. The van der Waals surface area contributed by atoms with Gasteiger partial charge in [0.25, 0.3) is 0 Å². The van der Waals surface area contributed by atoms with Crippen LogP contribution < -0.4 is 11.5 Å². The van der Waals surface area contributed by atoms with Crippen LogP contribution in [0.5, 0.6) is 5.75 Å². The van der Waals surface area contributed by atoms with Crippen LogP contribution >= 0.6 is 0 Å². The van der Waals surface area contributed by atoms with E-state index in [1.165, 1.54) is 18.3 Å². The highest BCUT2D eigenvalue weighted by atomic mass is 16.5. The van der Waals surface area contributed by atoms with Crippen molar-refractivity contribution >= 4 is 17.7 Å². The fraction of sp³-hybridized carbons (Fsp3) is 0.0833. The second-order valence-electron chi connectivity index (χ2n) is 3.73. The number of phenolic OH excluding ortho intramolecular Hbond substituents is 1. The van der Waals surface area contributed by atoms with Crippen molar-refractivity contribution in [3.8, 4) is 5.75 Å². The van der Waals surface area contributed by atoms with E-state index in [0.717, 1.165) is 0 Å². The van der Waals surface area contributed by atoms with Crippen molar-refractivity contribution in [3.63, 3.8) is 0 Å². The topological polar surface area (TPSA) is 124 Å². The zero-order valence-electron chi connectivity index (χ0n) is 9.91. The minimum atomic E-state index is -0.658. The fourth-order valence-corrected chi connectivity index (χ4v) is 1.41. The molecule has 7 nitrogen and oxygen atoms in total. The van der Waals surface area contributed by atoms with Crippen molar-refractivity contribution in [3.05, 3.63) is 41.6 Å². The number of phenols is 1. The Bertz CT molecular complexity index is 616. The zero-order valence-corrected chi connectivity index (χ0v) is 9.91. The number of aromatic hydroxyl groups is 1. The summed E-state index contributed by atoms with van der Waals surface area (Å²) in [6.07, 6.45) is 1.38. The maximum Gasteiger partial charge on any atom is 0.342 e. The van der Waals surface area contributed by atoms with Crippen LogP contribution in [0.15, 0.2) is 30.5 Å². The van der Waals surface area contributed by atoms with E-state index in [-0.39, 0.29) is 29.7 Å². The van der Waals surface area contributed by atoms with Crippen molar-refractivity contribution in [1.82, 2.24) is 9.97 Å². The highest BCUT2D eigenvalue weighted by molar-refractivity contribution is 5.92. The maximum absolute atomic E-state index is 11.7. The first kappa shape index (κ1) is 12.6. The summed E-state index contributed by atoms with van der Waals surface area (Å²) < 4.78 is 5.02. The molecule has 19 heavy (non-hydrogen) atoms. The predicted octanol–water partition coefficient (Wildman–Crippen LogP) is 0.704. The van der Waals surface area contributed by atoms with Gasteiger partial charge >= 0.3 is 5.97 Å². The van der Waals surface area contributed by atoms with Crippen LogP contribution in [-0.2, 0) is 11.3 Å². The van der Waals surface area contributed by atoms with Crippen LogP contribution in [0.2, 0.25) is 0 Å². The highest BCUT2D eigenvalue weighted by Gasteiger charge is 2.13. The summed E-state index contributed by atoms with van der Waals surface area (Å²) in [6, 6.07) is 6.09. The second-order valence-corrected chi connectivity index (χ2v) is 3.73. The van der Waals surface area contributed by atoms with Gasteiger partial charge in [-0.1, -0.05) is 12.1 Å². The number of carbonyl (C=O) groups excluding carboxylic acids is 1. The SMILES string of the molecule is Nc1ncc(COC(=O)c2ccccc2O)c(N)n1. The number of nitrogens with two attached hydrogens (primary N) is 2. The number of esters is 1. The molecular formula is C12H12N4O3. The normalized spacial score (nSPS) is 10.1. The second kappa shape index (κ2) is 5.21. The molecular weight excluding hydrogens is 248 g/mol. The van der Waals surface area contributed by atoms with Crippen molar-refractivity contribution in [1.29, 1.82) is 0 Å². The molecule has 98 valence electrons. The number of rotatable bonds is 3. The lowest BCUT2D eigenvalue weighted by Crippen LogP contribution is -2.09. The molecule has 0 aliphatic carbocycles. The Morgan fingerprint density at radius 3 is 2.74 bits per heavy atom. The summed E-state index contributed by atoms with van der Waals surface area (Å²) in [4.78, 5) is 19.2. The van der Waals surface area contributed by atoms with E-state index in [9.17, 15) is 9.90 Å². The molecule has 0 aliphatic rings. The van der Waals surface area contributed by atoms with Gasteiger partial charge in [-0.25, -0.2) is 9.78 Å². The zero-order chi connectivity index (χ0) is 13.8. The number of aromatic nitrogens is 2. The minimum absolute atomic E-state index is 0.0493. The van der Waals surface area contributed by atoms with Gasteiger partial charge in [0, 0.05) is 6.20 Å². The van der Waals surface area contributed by atoms with Gasteiger partial charge in [-0.2, -0.15) is 4.98 Å². The molecule has 1 aromatic carbocycles. The molecule has 0 saturated heterocycles. The van der Waals surface area contributed by atoms with E-state index >= 15 is 0 Å². The predicted molar refractivity (Wildman–Crippen MR) is 68.1 cm³/mol. The summed E-state index contributed by atoms with van der Waals surface area (Å²) in [5.41, 5.74) is 11.5. The quantitative estimate of drug-likeness (QED) is 0.694. The van der Waals surface area contributed by atoms with Gasteiger partial charge in [-0.3, -0.25) is 0 Å². The number of benzene rings is 1. The lowest BCUT2D eigenvalue weighted by Gasteiger charge is -2.07. The molecule has 0 saturated carbocycles. The molecule has 0 atom stereocenters. The minimum Gasteiger partial charge on any atom is -0.507 e.